The van der Waals surface area contributed by atoms with Crippen molar-refractivity contribution < 1.29 is 18.1 Å². The molecule has 11 heteroatoms. The third kappa shape index (κ3) is 5.87. The number of anilines is 1. The number of aromatic nitrogens is 3. The maximum atomic E-state index is 15.1. The standard InChI is InChI=1S/C26H23ClF2N5O2P/c1-14(18-9-16(11-30)5-7-19(18)28)33-26-23(27)15(2)32-21-10-20(29)24(34-25(21)26)17-6-8-22(31-12-17)36-13-37(3,4)35/h5-10,12,14H,13H2,1-4H3,(H,32,33). The smallest absolute Gasteiger partial charge is 0.213 e. The number of pyridine rings is 3. The average Bonchev–Trinajstić information content (AvgIpc) is 2.85. The SMILES string of the molecule is Cc1nc2cc(F)c(-c3ccc(OCP(C)(C)=O)nc3)nc2c(NC(C)c2cc(C#N)ccc2F)c1Cl. The summed E-state index contributed by atoms with van der Waals surface area (Å²) >= 11 is 6.58. The topological polar surface area (TPSA) is 101 Å². The number of nitrogens with one attached hydrogen (secondary N) is 1. The van der Waals surface area contributed by atoms with Crippen molar-refractivity contribution in [3.63, 3.8) is 0 Å². The molecular formula is C26H23ClF2N5O2P. The van der Waals surface area contributed by atoms with Gasteiger partial charge in [-0.1, -0.05) is 11.6 Å². The van der Waals surface area contributed by atoms with Crippen LogP contribution in [-0.4, -0.2) is 34.6 Å². The highest BCUT2D eigenvalue weighted by Gasteiger charge is 2.20. The molecule has 0 bridgehead atoms. The maximum Gasteiger partial charge on any atom is 0.213 e. The van der Waals surface area contributed by atoms with Crippen LogP contribution in [-0.2, 0) is 4.57 Å². The number of rotatable bonds is 7. The molecule has 3 heterocycles. The van der Waals surface area contributed by atoms with Crippen molar-refractivity contribution in [2.24, 2.45) is 0 Å². The van der Waals surface area contributed by atoms with E-state index in [9.17, 15) is 14.2 Å². The normalized spacial score (nSPS) is 12.3. The third-order valence-corrected chi connectivity index (χ3v) is 6.72. The number of ether oxygens (including phenoxy) is 1. The van der Waals surface area contributed by atoms with Gasteiger partial charge in [0.2, 0.25) is 5.88 Å². The van der Waals surface area contributed by atoms with E-state index in [-0.39, 0.29) is 39.5 Å². The van der Waals surface area contributed by atoms with Crippen LogP contribution in [0.25, 0.3) is 22.3 Å². The minimum atomic E-state index is -2.39. The van der Waals surface area contributed by atoms with Gasteiger partial charge in [-0.2, -0.15) is 5.26 Å². The molecular weight excluding hydrogens is 519 g/mol. The van der Waals surface area contributed by atoms with E-state index in [1.807, 2.05) is 6.07 Å². The molecule has 7 nitrogen and oxygen atoms in total. The van der Waals surface area contributed by atoms with Crippen LogP contribution in [0, 0.1) is 29.9 Å². The molecule has 37 heavy (non-hydrogen) atoms. The van der Waals surface area contributed by atoms with Crippen LogP contribution in [0.3, 0.4) is 0 Å². The van der Waals surface area contributed by atoms with Crippen molar-refractivity contribution in [1.82, 2.24) is 15.0 Å². The quantitative estimate of drug-likeness (QED) is 0.253. The Morgan fingerprint density at radius 2 is 1.92 bits per heavy atom. The van der Waals surface area contributed by atoms with Crippen LogP contribution in [0.5, 0.6) is 5.88 Å². The summed E-state index contributed by atoms with van der Waals surface area (Å²) in [5, 5.41) is 12.6. The molecule has 4 rings (SSSR count). The van der Waals surface area contributed by atoms with E-state index in [0.717, 1.165) is 0 Å². The van der Waals surface area contributed by atoms with Crippen LogP contribution < -0.4 is 10.1 Å². The van der Waals surface area contributed by atoms with E-state index in [4.69, 9.17) is 16.3 Å². The van der Waals surface area contributed by atoms with Gasteiger partial charge in [0.25, 0.3) is 0 Å². The number of nitrogens with zero attached hydrogens (tertiary/aromatic N) is 4. The van der Waals surface area contributed by atoms with Gasteiger partial charge in [-0.3, -0.25) is 0 Å². The monoisotopic (exact) mass is 541 g/mol. The van der Waals surface area contributed by atoms with Crippen molar-refractivity contribution in [1.29, 1.82) is 5.26 Å². The van der Waals surface area contributed by atoms with Crippen LogP contribution in [0.2, 0.25) is 5.02 Å². The number of nitriles is 1. The van der Waals surface area contributed by atoms with E-state index in [1.54, 1.807) is 39.3 Å². The Hall–Kier alpha value is -3.60. The van der Waals surface area contributed by atoms with E-state index in [1.165, 1.54) is 30.5 Å². The molecule has 4 aromatic rings. The van der Waals surface area contributed by atoms with E-state index in [2.05, 4.69) is 20.3 Å². The van der Waals surface area contributed by atoms with Crippen molar-refractivity contribution in [2.45, 2.75) is 19.9 Å². The fraction of sp³-hybridized carbons (Fsp3) is 0.231. The van der Waals surface area contributed by atoms with Gasteiger partial charge in [-0.05, 0) is 51.4 Å². The third-order valence-electron chi connectivity index (χ3n) is 5.50. The van der Waals surface area contributed by atoms with Crippen LogP contribution in [0.15, 0.2) is 42.6 Å². The number of hydrogen-bond acceptors (Lipinski definition) is 7. The Morgan fingerprint density at radius 1 is 1.16 bits per heavy atom. The zero-order valence-electron chi connectivity index (χ0n) is 20.5. The lowest BCUT2D eigenvalue weighted by molar-refractivity contribution is 0.363. The van der Waals surface area contributed by atoms with Crippen LogP contribution >= 0.6 is 18.7 Å². The Bertz CT molecular complexity index is 1590. The molecule has 1 aromatic carbocycles. The Morgan fingerprint density at radius 3 is 2.57 bits per heavy atom. The second-order valence-electron chi connectivity index (χ2n) is 9.02. The zero-order chi connectivity index (χ0) is 26.9. The predicted octanol–water partition coefficient (Wildman–Crippen LogP) is 6.94. The molecule has 190 valence electrons. The Labute approximate surface area is 217 Å². The van der Waals surface area contributed by atoms with Gasteiger partial charge >= 0.3 is 0 Å². The molecule has 1 atom stereocenters. The lowest BCUT2D eigenvalue weighted by Crippen LogP contribution is -2.11. The molecule has 0 aliphatic rings. The lowest BCUT2D eigenvalue weighted by Gasteiger charge is -2.20. The highest BCUT2D eigenvalue weighted by atomic mass is 35.5. The first-order chi connectivity index (χ1) is 17.5. The van der Waals surface area contributed by atoms with Gasteiger partial charge in [0.05, 0.1) is 39.6 Å². The van der Waals surface area contributed by atoms with Gasteiger partial charge in [-0.15, -0.1) is 0 Å². The number of aryl methyl sites for hydroxylation is 1. The van der Waals surface area contributed by atoms with Gasteiger partial charge in [0, 0.05) is 29.5 Å². The van der Waals surface area contributed by atoms with Crippen LogP contribution in [0.1, 0.15) is 29.8 Å². The van der Waals surface area contributed by atoms with E-state index < -0.39 is 24.8 Å². The largest absolute Gasteiger partial charge is 0.470 e. The van der Waals surface area contributed by atoms with Crippen molar-refractivity contribution in [2.75, 3.05) is 25.0 Å². The molecule has 1 unspecified atom stereocenters. The predicted molar refractivity (Wildman–Crippen MR) is 141 cm³/mol. The Kier molecular flexibility index (Phi) is 7.44. The minimum Gasteiger partial charge on any atom is -0.470 e. The molecule has 0 radical (unpaired) electrons. The number of benzene rings is 1. The summed E-state index contributed by atoms with van der Waals surface area (Å²) in [5.74, 6) is -0.844. The first kappa shape index (κ1) is 26.5. The summed E-state index contributed by atoms with van der Waals surface area (Å²) in [4.78, 5) is 13.0. The maximum absolute atomic E-state index is 15.1. The van der Waals surface area contributed by atoms with Gasteiger partial charge < -0.3 is 14.6 Å². The highest BCUT2D eigenvalue weighted by Crippen LogP contribution is 2.37. The zero-order valence-corrected chi connectivity index (χ0v) is 22.2. The summed E-state index contributed by atoms with van der Waals surface area (Å²) in [6, 6.07) is 9.88. The van der Waals surface area contributed by atoms with Gasteiger partial charge in [0.1, 0.15) is 30.5 Å². The average molecular weight is 542 g/mol. The van der Waals surface area contributed by atoms with Crippen molar-refractivity contribution >= 4 is 35.5 Å². The molecule has 0 saturated heterocycles. The molecule has 1 N–H and O–H groups in total. The number of hydrogen-bond donors (Lipinski definition) is 1. The first-order valence-corrected chi connectivity index (χ1v) is 14.4. The van der Waals surface area contributed by atoms with Crippen molar-refractivity contribution in [3.05, 3.63) is 76.1 Å². The molecule has 0 aliphatic carbocycles. The fourth-order valence-electron chi connectivity index (χ4n) is 3.66. The van der Waals surface area contributed by atoms with Crippen LogP contribution in [0.4, 0.5) is 14.5 Å². The molecule has 0 spiro atoms. The molecule has 0 amide bonds. The highest BCUT2D eigenvalue weighted by molar-refractivity contribution is 7.62. The fourth-order valence-corrected chi connectivity index (χ4v) is 4.29. The van der Waals surface area contributed by atoms with E-state index >= 15 is 4.39 Å². The summed E-state index contributed by atoms with van der Waals surface area (Å²) in [7, 11) is -2.39. The molecule has 0 aliphatic heterocycles. The molecule has 0 saturated carbocycles. The lowest BCUT2D eigenvalue weighted by atomic mass is 10.0. The summed E-state index contributed by atoms with van der Waals surface area (Å²) in [6.07, 6.45) is 1.45. The van der Waals surface area contributed by atoms with Gasteiger partial charge in [-0.25, -0.2) is 23.7 Å². The summed E-state index contributed by atoms with van der Waals surface area (Å²) in [5.41, 5.74) is 2.32. The first-order valence-electron chi connectivity index (χ1n) is 11.2. The summed E-state index contributed by atoms with van der Waals surface area (Å²) < 4.78 is 47.0. The molecule has 3 aromatic heterocycles. The number of fused-ring (bicyclic) bond motifs is 1. The minimum absolute atomic E-state index is 0.0123. The second-order valence-corrected chi connectivity index (χ2v) is 12.8. The second kappa shape index (κ2) is 10.4. The van der Waals surface area contributed by atoms with Gasteiger partial charge in [0.15, 0.2) is 5.82 Å². The molecule has 0 fully saturated rings. The summed E-state index contributed by atoms with van der Waals surface area (Å²) in [6.45, 7) is 6.61. The van der Waals surface area contributed by atoms with E-state index in [0.29, 0.717) is 22.5 Å². The number of halogens is 3. The van der Waals surface area contributed by atoms with Crippen molar-refractivity contribution in [3.8, 4) is 23.2 Å². The Balaban J connectivity index is 1.75.